The van der Waals surface area contributed by atoms with Crippen molar-refractivity contribution < 1.29 is 0 Å². The van der Waals surface area contributed by atoms with Crippen molar-refractivity contribution in [2.24, 2.45) is 0 Å². The van der Waals surface area contributed by atoms with E-state index in [2.05, 4.69) is 185 Å². The van der Waals surface area contributed by atoms with E-state index >= 15 is 0 Å². The lowest BCUT2D eigenvalue weighted by molar-refractivity contribution is 0.649. The fourth-order valence-electron chi connectivity index (χ4n) is 8.35. The summed E-state index contributed by atoms with van der Waals surface area (Å²) >= 11 is 3.87. The van der Waals surface area contributed by atoms with E-state index < -0.39 is 0 Å². The smallest absolute Gasteiger partial charge is 0.0560 e. The van der Waals surface area contributed by atoms with Crippen LogP contribution in [0.2, 0.25) is 0 Å². The molecule has 0 spiro atoms. The first kappa shape index (κ1) is 30.0. The Morgan fingerprint density at radius 2 is 1.02 bits per heavy atom. The van der Waals surface area contributed by atoms with Gasteiger partial charge in [-0.05, 0) is 77.2 Å². The molecule has 52 heavy (non-hydrogen) atoms. The maximum absolute atomic E-state index is 2.57. The number of benzene rings is 7. The highest BCUT2D eigenvalue weighted by atomic mass is 32.2. The Kier molecular flexibility index (Phi) is 6.89. The molecule has 1 aliphatic heterocycles. The second kappa shape index (κ2) is 11.9. The van der Waals surface area contributed by atoms with Crippen LogP contribution in [0.4, 0.5) is 0 Å². The van der Waals surface area contributed by atoms with Crippen LogP contribution in [0.25, 0.3) is 66.0 Å². The molecule has 11 rings (SSSR count). The maximum Gasteiger partial charge on any atom is 0.0560 e. The summed E-state index contributed by atoms with van der Waals surface area (Å²) in [6, 6.07) is 57.9. The van der Waals surface area contributed by atoms with Crippen molar-refractivity contribution in [3.63, 3.8) is 0 Å². The molecule has 0 N–H and O–H groups in total. The van der Waals surface area contributed by atoms with Gasteiger partial charge >= 0.3 is 0 Å². The average Bonchev–Trinajstić information content (AvgIpc) is 3.74. The van der Waals surface area contributed by atoms with Crippen LogP contribution >= 0.6 is 23.5 Å². The molecular weight excluding hydrogens is 669 g/mol. The number of fused-ring (bicyclic) bond motifs is 10. The van der Waals surface area contributed by atoms with Crippen molar-refractivity contribution in [2.45, 2.75) is 32.0 Å². The first-order valence-corrected chi connectivity index (χ1v) is 19.5. The third-order valence-corrected chi connectivity index (χ3v) is 13.4. The van der Waals surface area contributed by atoms with Crippen molar-refractivity contribution in [1.82, 2.24) is 9.13 Å². The second-order valence-electron chi connectivity index (χ2n) is 13.6. The zero-order valence-corrected chi connectivity index (χ0v) is 29.9. The summed E-state index contributed by atoms with van der Waals surface area (Å²) in [5, 5.41) is 5.32. The highest BCUT2D eigenvalue weighted by Crippen LogP contribution is 2.56. The van der Waals surface area contributed by atoms with Gasteiger partial charge in [0.05, 0.1) is 22.6 Å². The molecule has 7 aromatic carbocycles. The van der Waals surface area contributed by atoms with E-state index in [0.717, 1.165) is 6.42 Å². The molecule has 9 aromatic rings. The molecule has 0 saturated heterocycles. The highest BCUT2D eigenvalue weighted by molar-refractivity contribution is 8.05. The van der Waals surface area contributed by atoms with Crippen molar-refractivity contribution in [3.05, 3.63) is 182 Å². The van der Waals surface area contributed by atoms with E-state index in [0.29, 0.717) is 0 Å². The fraction of sp³-hybridized carbons (Fsp3) is 0.0417. The van der Waals surface area contributed by atoms with Crippen LogP contribution in [-0.4, -0.2) is 9.13 Å². The molecule has 2 aliphatic rings. The van der Waals surface area contributed by atoms with Crippen LogP contribution in [0, 0.1) is 0 Å². The molecule has 3 heterocycles. The largest absolute Gasteiger partial charge is 0.333 e. The minimum absolute atomic E-state index is 0.258. The van der Waals surface area contributed by atoms with Gasteiger partial charge in [0.2, 0.25) is 0 Å². The standard InChI is InChI=1S/C48H32N2S2/c1-3-11-31(12-4-1)33-19-23-35(24-20-33)49-39-17-9-7-15-37(39)45-41(49)27-29-43-47(45)51-44-30-28-42-46(48(44)52-43)38-16-8-10-18-40(38)50(42)36-25-21-34(22-26-36)32-13-5-2-6-14-32/h1-25,27-30,36H,26H2. The normalized spacial score (nSPS) is 15.3. The van der Waals surface area contributed by atoms with Crippen molar-refractivity contribution in [3.8, 4) is 16.8 Å². The molecular formula is C48H32N2S2. The topological polar surface area (TPSA) is 9.86 Å². The highest BCUT2D eigenvalue weighted by Gasteiger charge is 2.28. The molecule has 2 nitrogen and oxygen atoms in total. The molecule has 246 valence electrons. The summed E-state index contributed by atoms with van der Waals surface area (Å²) in [7, 11) is 0. The molecule has 2 aromatic heterocycles. The number of allylic oxidation sites excluding steroid dienone is 4. The lowest BCUT2D eigenvalue weighted by Gasteiger charge is -2.22. The Balaban J connectivity index is 1.02. The molecule has 0 bridgehead atoms. The molecule has 0 saturated carbocycles. The maximum atomic E-state index is 2.57. The predicted molar refractivity (Wildman–Crippen MR) is 221 cm³/mol. The molecule has 0 fully saturated rings. The monoisotopic (exact) mass is 700 g/mol. The van der Waals surface area contributed by atoms with E-state index in [1.807, 2.05) is 23.5 Å². The number of hydrogen-bond donors (Lipinski definition) is 0. The number of rotatable bonds is 4. The SMILES string of the molecule is C1=CC(n2c3ccccc3c3c4c(ccc32)Sc2c(ccc3c2c2ccccc2n3-c2ccc(-c3ccccc3)cc2)S4)CC=C1c1ccccc1. The Hall–Kier alpha value is -5.68. The number of aromatic nitrogens is 2. The molecule has 1 aliphatic carbocycles. The van der Waals surface area contributed by atoms with Crippen LogP contribution in [0.3, 0.4) is 0 Å². The third-order valence-electron chi connectivity index (χ3n) is 10.7. The molecule has 0 radical (unpaired) electrons. The van der Waals surface area contributed by atoms with Crippen molar-refractivity contribution >= 4 is 72.7 Å². The third kappa shape index (κ3) is 4.61. The molecule has 4 heteroatoms. The molecule has 0 amide bonds. The van der Waals surface area contributed by atoms with Gasteiger partial charge < -0.3 is 9.13 Å². The fourth-order valence-corrected chi connectivity index (χ4v) is 10.9. The van der Waals surface area contributed by atoms with Gasteiger partial charge in [-0.2, -0.15) is 0 Å². The van der Waals surface area contributed by atoms with Gasteiger partial charge in [0.1, 0.15) is 0 Å². The van der Waals surface area contributed by atoms with E-state index in [4.69, 9.17) is 0 Å². The van der Waals surface area contributed by atoms with Gasteiger partial charge in [-0.25, -0.2) is 0 Å². The molecule has 1 atom stereocenters. The van der Waals surface area contributed by atoms with Crippen molar-refractivity contribution in [1.29, 1.82) is 0 Å². The van der Waals surface area contributed by atoms with Gasteiger partial charge in [0.25, 0.3) is 0 Å². The Morgan fingerprint density at radius 1 is 0.462 bits per heavy atom. The number of para-hydroxylation sites is 2. The zero-order chi connectivity index (χ0) is 34.2. The van der Waals surface area contributed by atoms with Crippen LogP contribution < -0.4 is 0 Å². The minimum Gasteiger partial charge on any atom is -0.333 e. The van der Waals surface area contributed by atoms with Gasteiger partial charge in [-0.1, -0.05) is 151 Å². The first-order chi connectivity index (χ1) is 25.8. The lowest BCUT2D eigenvalue weighted by atomic mass is 9.97. The van der Waals surface area contributed by atoms with E-state index in [9.17, 15) is 0 Å². The number of hydrogen-bond acceptors (Lipinski definition) is 2. The summed E-state index contributed by atoms with van der Waals surface area (Å²) in [6.45, 7) is 0. The van der Waals surface area contributed by atoms with Crippen molar-refractivity contribution in [2.75, 3.05) is 0 Å². The summed E-state index contributed by atoms with van der Waals surface area (Å²) in [6.07, 6.45) is 8.07. The van der Waals surface area contributed by atoms with Crippen LogP contribution in [0.15, 0.2) is 196 Å². The summed E-state index contributed by atoms with van der Waals surface area (Å²) in [5.41, 5.74) is 11.3. The van der Waals surface area contributed by atoms with E-state index in [1.165, 1.54) is 91.1 Å². The first-order valence-electron chi connectivity index (χ1n) is 17.9. The van der Waals surface area contributed by atoms with Gasteiger partial charge in [-0.15, -0.1) is 0 Å². The Morgan fingerprint density at radius 3 is 1.69 bits per heavy atom. The lowest BCUT2D eigenvalue weighted by Crippen LogP contribution is -2.08. The van der Waals surface area contributed by atoms with Crippen LogP contribution in [-0.2, 0) is 0 Å². The van der Waals surface area contributed by atoms with Crippen LogP contribution in [0.5, 0.6) is 0 Å². The summed E-state index contributed by atoms with van der Waals surface area (Å²) < 4.78 is 5.01. The Bertz CT molecular complexity index is 2910. The van der Waals surface area contributed by atoms with Gasteiger partial charge in [0, 0.05) is 52.3 Å². The predicted octanol–water partition coefficient (Wildman–Crippen LogP) is 13.8. The number of nitrogens with zero attached hydrogens (tertiary/aromatic N) is 2. The summed E-state index contributed by atoms with van der Waals surface area (Å²) in [4.78, 5) is 5.37. The second-order valence-corrected chi connectivity index (χ2v) is 15.7. The van der Waals surface area contributed by atoms with Gasteiger partial charge in [0.15, 0.2) is 0 Å². The van der Waals surface area contributed by atoms with Gasteiger partial charge in [-0.3, -0.25) is 0 Å². The van der Waals surface area contributed by atoms with Crippen LogP contribution in [0.1, 0.15) is 18.0 Å². The average molecular weight is 701 g/mol. The van der Waals surface area contributed by atoms with E-state index in [-0.39, 0.29) is 6.04 Å². The Labute approximate surface area is 310 Å². The zero-order valence-electron chi connectivity index (χ0n) is 28.2. The molecule has 1 unspecified atom stereocenters. The van der Waals surface area contributed by atoms with E-state index in [1.54, 1.807) is 0 Å². The summed E-state index contributed by atoms with van der Waals surface area (Å²) in [5.74, 6) is 0. The minimum atomic E-state index is 0.258. The quantitative estimate of drug-likeness (QED) is 0.181.